The number of hydrogen-bond donors (Lipinski definition) is 0. The summed E-state index contributed by atoms with van der Waals surface area (Å²) in [4.78, 5) is 17.4. The van der Waals surface area contributed by atoms with Crippen LogP contribution in [0.1, 0.15) is 5.56 Å². The van der Waals surface area contributed by atoms with Gasteiger partial charge in [-0.2, -0.15) is 4.99 Å². The summed E-state index contributed by atoms with van der Waals surface area (Å²) in [7, 11) is 3.19. The number of methoxy groups -OCH3 is 2. The molecule has 3 rings (SSSR count). The second kappa shape index (κ2) is 8.41. The number of carbonyl (C=O) groups is 1. The van der Waals surface area contributed by atoms with Crippen LogP contribution in [0.4, 0.5) is 0 Å². The fourth-order valence-corrected chi connectivity index (χ4v) is 3.90. The molecule has 1 heterocycles. The van der Waals surface area contributed by atoms with Gasteiger partial charge in [-0.15, -0.1) is 6.58 Å². The zero-order valence-electron chi connectivity index (χ0n) is 15.1. The minimum atomic E-state index is -0.222. The molecule has 27 heavy (non-hydrogen) atoms. The smallest absolute Gasteiger partial charge is 0.252 e. The molecule has 7 heteroatoms. The Kier molecular flexibility index (Phi) is 5.98. The first-order valence-corrected chi connectivity index (χ1v) is 9.43. The van der Waals surface area contributed by atoms with Gasteiger partial charge in [-0.3, -0.25) is 4.79 Å². The maximum Gasteiger partial charge on any atom is 0.252 e. The van der Waals surface area contributed by atoms with Crippen molar-refractivity contribution in [3.05, 3.63) is 64.4 Å². The van der Waals surface area contributed by atoms with Gasteiger partial charge in [-0.05, 0) is 17.7 Å². The normalized spacial score (nSPS) is 11.6. The number of nitrogens with zero attached hydrogens (tertiary/aromatic N) is 2. The van der Waals surface area contributed by atoms with E-state index in [0.29, 0.717) is 27.9 Å². The van der Waals surface area contributed by atoms with Crippen LogP contribution in [0.25, 0.3) is 10.2 Å². The molecule has 0 atom stereocenters. The summed E-state index contributed by atoms with van der Waals surface area (Å²) >= 11 is 7.31. The number of benzene rings is 2. The Hall–Kier alpha value is -2.57. The van der Waals surface area contributed by atoms with Crippen molar-refractivity contribution in [2.24, 2.45) is 4.99 Å². The Bertz CT molecular complexity index is 1050. The summed E-state index contributed by atoms with van der Waals surface area (Å²) in [6.07, 6.45) is 1.98. The van der Waals surface area contributed by atoms with E-state index >= 15 is 0 Å². The van der Waals surface area contributed by atoms with E-state index in [2.05, 4.69) is 11.6 Å². The first-order chi connectivity index (χ1) is 13.0. The first kappa shape index (κ1) is 19.2. The number of halogens is 1. The fourth-order valence-electron chi connectivity index (χ4n) is 2.71. The van der Waals surface area contributed by atoms with E-state index in [-0.39, 0.29) is 12.3 Å². The van der Waals surface area contributed by atoms with Crippen LogP contribution in [0.15, 0.2) is 54.0 Å². The maximum atomic E-state index is 12.5. The molecule has 0 fully saturated rings. The predicted molar refractivity (Wildman–Crippen MR) is 109 cm³/mol. The minimum absolute atomic E-state index is 0.214. The standard InChI is InChI=1S/C20H19ClN2O3S/c1-4-9-23-15-11-16(25-2)17(26-3)12-18(15)27-20(23)22-19(24)10-13-5-7-14(21)8-6-13/h4-8,11-12H,1,9-10H2,2-3H3. The van der Waals surface area contributed by atoms with Gasteiger partial charge in [0.15, 0.2) is 16.3 Å². The van der Waals surface area contributed by atoms with Crippen molar-refractivity contribution in [3.8, 4) is 11.5 Å². The number of rotatable bonds is 6. The van der Waals surface area contributed by atoms with E-state index < -0.39 is 0 Å². The number of hydrogen-bond acceptors (Lipinski definition) is 4. The molecule has 0 bridgehead atoms. The van der Waals surface area contributed by atoms with Crippen molar-refractivity contribution in [1.82, 2.24) is 4.57 Å². The maximum absolute atomic E-state index is 12.5. The lowest BCUT2D eigenvalue weighted by Crippen LogP contribution is -2.17. The first-order valence-electron chi connectivity index (χ1n) is 8.24. The molecule has 0 N–H and O–H groups in total. The lowest BCUT2D eigenvalue weighted by molar-refractivity contribution is -0.117. The van der Waals surface area contributed by atoms with E-state index in [1.54, 1.807) is 32.4 Å². The van der Waals surface area contributed by atoms with E-state index in [4.69, 9.17) is 21.1 Å². The molecule has 0 saturated heterocycles. The van der Waals surface area contributed by atoms with E-state index in [9.17, 15) is 4.79 Å². The number of fused-ring (bicyclic) bond motifs is 1. The van der Waals surface area contributed by atoms with Crippen LogP contribution >= 0.6 is 22.9 Å². The largest absolute Gasteiger partial charge is 0.493 e. The van der Waals surface area contributed by atoms with Gasteiger partial charge < -0.3 is 14.0 Å². The highest BCUT2D eigenvalue weighted by Crippen LogP contribution is 2.33. The molecule has 0 saturated carbocycles. The highest BCUT2D eigenvalue weighted by molar-refractivity contribution is 7.16. The van der Waals surface area contributed by atoms with E-state index in [1.165, 1.54) is 11.3 Å². The molecule has 0 aliphatic carbocycles. The molecule has 140 valence electrons. The molecular formula is C20H19ClN2O3S. The van der Waals surface area contributed by atoms with Crippen LogP contribution in [-0.2, 0) is 17.8 Å². The van der Waals surface area contributed by atoms with Crippen LogP contribution < -0.4 is 14.3 Å². The summed E-state index contributed by atoms with van der Waals surface area (Å²) < 4.78 is 13.6. The lowest BCUT2D eigenvalue weighted by Gasteiger charge is -2.08. The number of thiazole rings is 1. The van der Waals surface area contributed by atoms with Gasteiger partial charge in [-0.25, -0.2) is 0 Å². The highest BCUT2D eigenvalue weighted by atomic mass is 35.5. The second-order valence-corrected chi connectivity index (χ2v) is 7.21. The topological polar surface area (TPSA) is 52.8 Å². The summed E-state index contributed by atoms with van der Waals surface area (Å²) in [6, 6.07) is 11.0. The summed E-state index contributed by atoms with van der Waals surface area (Å²) in [5, 5.41) is 0.638. The third kappa shape index (κ3) is 4.23. The average molecular weight is 403 g/mol. The second-order valence-electron chi connectivity index (χ2n) is 5.77. The predicted octanol–water partition coefficient (Wildman–Crippen LogP) is 4.23. The monoisotopic (exact) mass is 402 g/mol. The number of amides is 1. The molecule has 0 unspecified atom stereocenters. The summed E-state index contributed by atoms with van der Waals surface area (Å²) in [6.45, 7) is 4.33. The summed E-state index contributed by atoms with van der Waals surface area (Å²) in [5.41, 5.74) is 1.78. The number of allylic oxidation sites excluding steroid dienone is 1. The van der Waals surface area contributed by atoms with Crippen molar-refractivity contribution in [1.29, 1.82) is 0 Å². The van der Waals surface area contributed by atoms with Crippen molar-refractivity contribution >= 4 is 39.1 Å². The van der Waals surface area contributed by atoms with E-state index in [1.807, 2.05) is 28.8 Å². The zero-order chi connectivity index (χ0) is 19.4. The van der Waals surface area contributed by atoms with Gasteiger partial charge in [0.2, 0.25) is 0 Å². The Morgan fingerprint density at radius 3 is 2.52 bits per heavy atom. The Morgan fingerprint density at radius 2 is 1.89 bits per heavy atom. The van der Waals surface area contributed by atoms with Crippen molar-refractivity contribution in [3.63, 3.8) is 0 Å². The van der Waals surface area contributed by atoms with Crippen molar-refractivity contribution in [2.45, 2.75) is 13.0 Å². The molecule has 5 nitrogen and oxygen atoms in total. The van der Waals surface area contributed by atoms with Gasteiger partial charge >= 0.3 is 0 Å². The van der Waals surface area contributed by atoms with Crippen molar-refractivity contribution < 1.29 is 14.3 Å². The molecule has 1 aromatic heterocycles. The Labute approximate surface area is 166 Å². The van der Waals surface area contributed by atoms with Crippen molar-refractivity contribution in [2.75, 3.05) is 14.2 Å². The third-order valence-electron chi connectivity index (χ3n) is 3.99. The van der Waals surface area contributed by atoms with Gasteiger partial charge in [0, 0.05) is 23.7 Å². The van der Waals surface area contributed by atoms with Crippen LogP contribution in [0.5, 0.6) is 11.5 Å². The van der Waals surface area contributed by atoms with Gasteiger partial charge in [-0.1, -0.05) is 41.1 Å². The number of carbonyl (C=O) groups excluding carboxylic acids is 1. The van der Waals surface area contributed by atoms with Crippen LogP contribution in [0.3, 0.4) is 0 Å². The molecule has 3 aromatic rings. The number of aromatic nitrogens is 1. The van der Waals surface area contributed by atoms with Crippen LogP contribution in [-0.4, -0.2) is 24.7 Å². The lowest BCUT2D eigenvalue weighted by atomic mass is 10.1. The molecule has 2 aromatic carbocycles. The third-order valence-corrected chi connectivity index (χ3v) is 5.28. The van der Waals surface area contributed by atoms with Crippen LogP contribution in [0.2, 0.25) is 5.02 Å². The minimum Gasteiger partial charge on any atom is -0.493 e. The van der Waals surface area contributed by atoms with Gasteiger partial charge in [0.05, 0.1) is 30.9 Å². The molecular weight excluding hydrogens is 384 g/mol. The van der Waals surface area contributed by atoms with Gasteiger partial charge in [0.25, 0.3) is 5.91 Å². The van der Waals surface area contributed by atoms with Crippen LogP contribution in [0, 0.1) is 0 Å². The molecule has 1 amide bonds. The molecule has 0 radical (unpaired) electrons. The SMILES string of the molecule is C=CCn1c(=NC(=O)Cc2ccc(Cl)cc2)sc2cc(OC)c(OC)cc21. The van der Waals surface area contributed by atoms with Gasteiger partial charge in [0.1, 0.15) is 0 Å². The molecule has 0 aliphatic rings. The average Bonchev–Trinajstić information content (AvgIpc) is 2.98. The van der Waals surface area contributed by atoms with E-state index in [0.717, 1.165) is 15.8 Å². The quantitative estimate of drug-likeness (QED) is 0.580. The zero-order valence-corrected chi connectivity index (χ0v) is 16.6. The number of ether oxygens (including phenoxy) is 2. The highest BCUT2D eigenvalue weighted by Gasteiger charge is 2.13. The summed E-state index contributed by atoms with van der Waals surface area (Å²) in [5.74, 6) is 1.04. The molecule has 0 aliphatic heterocycles. The fraction of sp³-hybridized carbons (Fsp3) is 0.200. The molecule has 0 spiro atoms. The Morgan fingerprint density at radius 1 is 1.22 bits per heavy atom. The Balaban J connectivity index is 2.04.